The molecule has 3 aliphatic heterocycles. The van der Waals surface area contributed by atoms with Gasteiger partial charge in [-0.2, -0.15) is 9.36 Å². The molecule has 3 amide bonds. The number of piperidine rings is 1. The summed E-state index contributed by atoms with van der Waals surface area (Å²) in [5.41, 5.74) is 10.5. The maximum atomic E-state index is 13.0. The van der Waals surface area contributed by atoms with Crippen LogP contribution < -0.4 is 21.9 Å². The lowest BCUT2D eigenvalue weighted by Gasteiger charge is -2.50. The highest BCUT2D eigenvalue weighted by molar-refractivity contribution is 8.00. The van der Waals surface area contributed by atoms with Crippen molar-refractivity contribution in [2.45, 2.75) is 24.3 Å². The van der Waals surface area contributed by atoms with E-state index in [0.29, 0.717) is 49.1 Å². The van der Waals surface area contributed by atoms with E-state index < -0.39 is 41.8 Å². The first-order chi connectivity index (χ1) is 19.6. The molecule has 2 atom stereocenters. The summed E-state index contributed by atoms with van der Waals surface area (Å²) in [6, 6.07) is -1.11. The molecule has 41 heavy (non-hydrogen) atoms. The minimum atomic E-state index is -1.55. The Balaban J connectivity index is 1.46. The number of anilines is 1. The Morgan fingerprint density at radius 1 is 1.34 bits per heavy atom. The molecule has 0 bridgehead atoms. The van der Waals surface area contributed by atoms with Crippen LogP contribution >= 0.6 is 23.3 Å². The first kappa shape index (κ1) is 30.4. The summed E-state index contributed by atoms with van der Waals surface area (Å²) in [7, 11) is 0. The van der Waals surface area contributed by atoms with Gasteiger partial charge in [0.15, 0.2) is 5.13 Å². The van der Waals surface area contributed by atoms with Crippen LogP contribution in [-0.4, -0.2) is 110 Å². The maximum Gasteiger partial charge on any atom is 0.278 e. The zero-order valence-corrected chi connectivity index (χ0v) is 23.4. The number of nitrogens with zero attached hydrogens (tertiary/aromatic N) is 5. The van der Waals surface area contributed by atoms with Crippen molar-refractivity contribution >= 4 is 57.8 Å². The molecule has 0 aromatic carbocycles. The van der Waals surface area contributed by atoms with Gasteiger partial charge in [0.25, 0.3) is 18.7 Å². The number of hydrogen-bond acceptors (Lipinski definition) is 13. The van der Waals surface area contributed by atoms with Gasteiger partial charge in [0, 0.05) is 36.0 Å². The quantitative estimate of drug-likeness (QED) is 0.0830. The second kappa shape index (κ2) is 12.9. The number of halogens is 1. The smallest absolute Gasteiger partial charge is 0.278 e. The molecule has 0 unspecified atom stereocenters. The largest absolute Gasteiger partial charge is 0.543 e. The van der Waals surface area contributed by atoms with Gasteiger partial charge < -0.3 is 41.1 Å². The number of carboxylic acids is 1. The topological polar surface area (TPSA) is 226 Å². The van der Waals surface area contributed by atoms with E-state index >= 15 is 0 Å². The number of allylic oxidation sites excluding steroid dienone is 1. The molecule has 222 valence electrons. The molecule has 2 saturated heterocycles. The zero-order chi connectivity index (χ0) is 29.7. The van der Waals surface area contributed by atoms with Crippen LogP contribution in [0.15, 0.2) is 28.6 Å². The number of quaternary nitrogens is 1. The summed E-state index contributed by atoms with van der Waals surface area (Å²) in [6.45, 7) is 0.851. The number of aromatic nitrogens is 2. The molecule has 6 N–H and O–H groups in total. The highest BCUT2D eigenvalue weighted by atomic mass is 32.2. The second-order valence-corrected chi connectivity index (χ2v) is 11.5. The Hall–Kier alpha value is -3.61. The molecule has 0 saturated carbocycles. The average Bonchev–Trinajstić information content (AvgIpc) is 3.37. The monoisotopic (exact) mass is 612 g/mol. The molecule has 0 aliphatic carbocycles. The number of carbonyl (C=O) groups excluding carboxylic acids is 4. The standard InChI is InChI=1S/C23H29FN8O7S2/c24-11-39-29-14(18-28-23(26)41-30-18)19(35)27-15-20(36)31-16(22(37)38)13(10-40-21(15)31)2-1-5-32(8-9-33)6-3-12(4-7-32)17(25)34/h1-2,12,15,21,33H,3-11H2,(H5-,25,26,27,28,30,34,35,37,38)/b2-1+,29-14-/t12?,15-,21-,32?/m1/s1. The number of nitrogens with two attached hydrogens (primary N) is 2. The number of hydrogen-bond donors (Lipinski definition) is 4. The van der Waals surface area contributed by atoms with Gasteiger partial charge in [0.05, 0.1) is 37.9 Å². The van der Waals surface area contributed by atoms with E-state index in [1.165, 1.54) is 11.8 Å². The number of likely N-dealkylation sites (tertiary alicyclic amines) is 1. The molecule has 4 heterocycles. The first-order valence-corrected chi connectivity index (χ1v) is 14.4. The molecule has 18 heteroatoms. The van der Waals surface area contributed by atoms with E-state index in [0.717, 1.165) is 16.4 Å². The maximum absolute atomic E-state index is 13.0. The summed E-state index contributed by atoms with van der Waals surface area (Å²) < 4.78 is 16.9. The third kappa shape index (κ3) is 6.50. The van der Waals surface area contributed by atoms with Crippen molar-refractivity contribution in [3.8, 4) is 0 Å². The highest BCUT2D eigenvalue weighted by Crippen LogP contribution is 2.40. The number of fused-ring (bicyclic) bond motifs is 1. The third-order valence-electron chi connectivity index (χ3n) is 7.24. The molecular weight excluding hydrogens is 583 g/mol. The Morgan fingerprint density at radius 2 is 2.07 bits per heavy atom. The minimum absolute atomic E-state index is 0.0261. The van der Waals surface area contributed by atoms with Gasteiger partial charge in [0.2, 0.25) is 17.4 Å². The lowest BCUT2D eigenvalue weighted by atomic mass is 9.94. The number of β-lactam (4-membered cyclic amide) rings is 1. The van der Waals surface area contributed by atoms with Gasteiger partial charge in [-0.3, -0.25) is 19.3 Å². The van der Waals surface area contributed by atoms with Crippen LogP contribution in [0.4, 0.5) is 9.52 Å². The minimum Gasteiger partial charge on any atom is -0.543 e. The van der Waals surface area contributed by atoms with E-state index in [-0.39, 0.29) is 40.8 Å². The predicted molar refractivity (Wildman–Crippen MR) is 143 cm³/mol. The van der Waals surface area contributed by atoms with Gasteiger partial charge in [-0.25, -0.2) is 4.39 Å². The summed E-state index contributed by atoms with van der Waals surface area (Å²) in [4.78, 5) is 58.7. The van der Waals surface area contributed by atoms with Gasteiger partial charge in [-0.05, 0) is 11.6 Å². The number of rotatable bonds is 12. The summed E-state index contributed by atoms with van der Waals surface area (Å²) >= 11 is 2.01. The normalized spacial score (nSPS) is 26.5. The zero-order valence-electron chi connectivity index (χ0n) is 21.7. The number of aliphatic hydroxyl groups is 1. The number of aliphatic carboxylic acids is 1. The molecule has 2 fully saturated rings. The molecule has 15 nitrogen and oxygen atoms in total. The van der Waals surface area contributed by atoms with E-state index in [9.17, 15) is 33.8 Å². The Labute approximate surface area is 241 Å². The fourth-order valence-electron chi connectivity index (χ4n) is 5.10. The van der Waals surface area contributed by atoms with E-state index in [2.05, 4.69) is 24.7 Å². The number of aliphatic hydroxyl groups excluding tert-OH is 1. The van der Waals surface area contributed by atoms with Crippen molar-refractivity contribution in [2.75, 3.05) is 51.1 Å². The Morgan fingerprint density at radius 3 is 2.66 bits per heavy atom. The molecule has 3 aliphatic rings. The van der Waals surface area contributed by atoms with Crippen molar-refractivity contribution < 1.29 is 43.1 Å². The SMILES string of the molecule is NC(=O)C1CC[N+](C/C=C/C2=C(C(=O)[O-])N3C(=O)[C@@H](NC(=O)/C(=N\OCF)c4nsc(N)n4)[C@H]3SC2)(CCO)CC1. The Bertz CT molecular complexity index is 1290. The molecule has 0 spiro atoms. The second-order valence-electron chi connectivity index (χ2n) is 9.65. The molecule has 4 rings (SSSR count). The molecule has 1 aromatic heterocycles. The van der Waals surface area contributed by atoms with Crippen LogP contribution in [0.25, 0.3) is 0 Å². The van der Waals surface area contributed by atoms with Crippen LogP contribution in [0.2, 0.25) is 0 Å². The van der Waals surface area contributed by atoms with Gasteiger partial charge in [0.1, 0.15) is 18.0 Å². The first-order valence-electron chi connectivity index (χ1n) is 12.6. The summed E-state index contributed by atoms with van der Waals surface area (Å²) in [5, 5.41) is 26.8. The van der Waals surface area contributed by atoms with Crippen molar-refractivity contribution in [1.29, 1.82) is 0 Å². The number of carboxylic acid groups (broad SMARTS) is 1. The van der Waals surface area contributed by atoms with E-state index in [1.54, 1.807) is 12.2 Å². The van der Waals surface area contributed by atoms with Gasteiger partial charge in [-0.15, -0.1) is 11.8 Å². The Kier molecular flexibility index (Phi) is 9.57. The summed E-state index contributed by atoms with van der Waals surface area (Å²) in [6.07, 6.45) is 4.62. The van der Waals surface area contributed by atoms with Crippen molar-refractivity contribution in [2.24, 2.45) is 16.8 Å². The number of primary amides is 1. The van der Waals surface area contributed by atoms with Gasteiger partial charge in [-0.1, -0.05) is 11.2 Å². The fraction of sp³-hybridized carbons (Fsp3) is 0.522. The van der Waals surface area contributed by atoms with Crippen LogP contribution in [0, 0.1) is 5.92 Å². The van der Waals surface area contributed by atoms with Crippen LogP contribution in [0.3, 0.4) is 0 Å². The van der Waals surface area contributed by atoms with Crippen molar-refractivity contribution in [3.05, 3.63) is 29.2 Å². The number of nitrogens with one attached hydrogen (secondary N) is 1. The number of carbonyl (C=O) groups is 4. The van der Waals surface area contributed by atoms with E-state index in [1.807, 2.05) is 0 Å². The lowest BCUT2D eigenvalue weighted by molar-refractivity contribution is -0.928. The number of alkyl halides is 1. The molecule has 1 aromatic rings. The lowest BCUT2D eigenvalue weighted by Crippen LogP contribution is -2.71. The van der Waals surface area contributed by atoms with Crippen LogP contribution in [-0.2, 0) is 24.0 Å². The van der Waals surface area contributed by atoms with Gasteiger partial charge >= 0.3 is 0 Å². The number of thioether (sulfide) groups is 1. The summed E-state index contributed by atoms with van der Waals surface area (Å²) in [5.74, 6) is -3.72. The number of nitrogen functional groups attached to an aromatic ring is 1. The van der Waals surface area contributed by atoms with Crippen molar-refractivity contribution in [1.82, 2.24) is 19.6 Å². The molecular formula is C23H29FN8O7S2. The average molecular weight is 613 g/mol. The fourth-order valence-corrected chi connectivity index (χ4v) is 6.86. The highest BCUT2D eigenvalue weighted by Gasteiger charge is 2.53. The third-order valence-corrected chi connectivity index (χ3v) is 9.09. The van der Waals surface area contributed by atoms with Crippen molar-refractivity contribution in [3.63, 3.8) is 0 Å². The molecule has 0 radical (unpaired) electrons. The van der Waals surface area contributed by atoms with E-state index in [4.69, 9.17) is 11.5 Å². The van der Waals surface area contributed by atoms with Crippen LogP contribution in [0.5, 0.6) is 0 Å². The number of oxime groups is 1. The predicted octanol–water partition coefficient (Wildman–Crippen LogP) is -2.57. The number of amides is 3. The van der Waals surface area contributed by atoms with Crippen LogP contribution in [0.1, 0.15) is 18.7 Å².